The molecule has 3 unspecified atom stereocenters. The molecule has 53 heavy (non-hydrogen) atoms. The quantitative estimate of drug-likeness (QED) is 0.0292. The van der Waals surface area contributed by atoms with Crippen molar-refractivity contribution >= 4 is 15.4 Å². The molecule has 0 bridgehead atoms. The first-order valence-corrected chi connectivity index (χ1v) is 24.5. The van der Waals surface area contributed by atoms with Crippen LogP contribution in [0.5, 0.6) is 0 Å². The van der Waals surface area contributed by atoms with E-state index in [0.717, 1.165) is 45.2 Å². The lowest BCUT2D eigenvalue weighted by Gasteiger charge is -2.35. The van der Waals surface area contributed by atoms with Crippen LogP contribution in [0.2, 0.25) is 0 Å². The van der Waals surface area contributed by atoms with Crippen LogP contribution in [0.4, 0.5) is 0 Å². The van der Waals surface area contributed by atoms with Gasteiger partial charge in [-0.05, 0) is 12.8 Å². The van der Waals surface area contributed by atoms with Gasteiger partial charge in [0.15, 0.2) is 0 Å². The monoisotopic (exact) mass is 805 g/mol. The Morgan fingerprint density at radius 1 is 0.415 bits per heavy atom. The normalized spacial score (nSPS) is 15.7. The Morgan fingerprint density at radius 3 is 0.981 bits per heavy atom. The molecule has 14 heteroatoms. The van der Waals surface area contributed by atoms with Gasteiger partial charge in [0, 0.05) is 19.9 Å². The molecule has 0 spiro atoms. The van der Waals surface area contributed by atoms with E-state index in [0.29, 0.717) is 13.2 Å². The summed E-state index contributed by atoms with van der Waals surface area (Å²) < 4.78 is 51.3. The summed E-state index contributed by atoms with van der Waals surface area (Å²) in [5.74, 6) is 0. The average Bonchev–Trinajstić information content (AvgIpc) is 3.12. The van der Waals surface area contributed by atoms with Crippen LogP contribution in [0.15, 0.2) is 0 Å². The minimum absolute atomic E-state index is 0.00208. The van der Waals surface area contributed by atoms with Gasteiger partial charge in [0.25, 0.3) is 0 Å². The minimum Gasteiger partial charge on any atom is -0.396 e. The second-order valence-electron chi connectivity index (χ2n) is 15.5. The van der Waals surface area contributed by atoms with Crippen LogP contribution in [0, 0.1) is 10.8 Å². The number of unbranched alkanes of at least 4 members (excludes halogenated alkanes) is 22. The van der Waals surface area contributed by atoms with Crippen LogP contribution in [0.3, 0.4) is 0 Å². The maximum Gasteiger partial charge on any atom is 0.469 e. The summed E-state index contributed by atoms with van der Waals surface area (Å²) >= 11 is 0. The molecule has 0 radical (unpaired) electrons. The van der Waals surface area contributed by atoms with Gasteiger partial charge in [0.2, 0.25) is 0 Å². The maximum atomic E-state index is 12.0. The summed E-state index contributed by atoms with van der Waals surface area (Å²) in [6.07, 6.45) is 29.2. The molecular formula is C39H82O12P2. The Balaban J connectivity index is 4.81. The molecule has 12 nitrogen and oxygen atoms in total. The first-order chi connectivity index (χ1) is 25.4. The summed E-state index contributed by atoms with van der Waals surface area (Å²) in [4.78, 5) is 28.5. The first kappa shape index (κ1) is 53.1. The van der Waals surface area contributed by atoms with Crippen molar-refractivity contribution in [3.05, 3.63) is 0 Å². The van der Waals surface area contributed by atoms with E-state index in [-0.39, 0.29) is 33.0 Å². The zero-order chi connectivity index (χ0) is 39.6. The van der Waals surface area contributed by atoms with Crippen molar-refractivity contribution in [2.45, 2.75) is 168 Å². The third-order valence-electron chi connectivity index (χ3n) is 9.74. The van der Waals surface area contributed by atoms with E-state index in [1.54, 1.807) is 0 Å². The van der Waals surface area contributed by atoms with Crippen molar-refractivity contribution < 1.29 is 57.3 Å². The molecule has 0 aromatic rings. The van der Waals surface area contributed by atoms with Gasteiger partial charge in [0.05, 0.1) is 63.7 Å². The first-order valence-electron chi connectivity index (χ1n) is 21.0. The second kappa shape index (κ2) is 34.1. The predicted octanol–water partition coefficient (Wildman–Crippen LogP) is 9.34. The van der Waals surface area contributed by atoms with E-state index in [4.69, 9.17) is 23.3 Å². The van der Waals surface area contributed by atoms with Crippen LogP contribution in [-0.4, -0.2) is 97.6 Å². The lowest BCUT2D eigenvalue weighted by atomic mass is 9.90. The molecule has 0 aliphatic rings. The summed E-state index contributed by atoms with van der Waals surface area (Å²) in [6.45, 7) is 4.11. The number of ether oxygens (including phenoxy) is 3. The summed E-state index contributed by atoms with van der Waals surface area (Å²) in [5, 5.41) is 20.8. The third-order valence-corrected chi connectivity index (χ3v) is 10.8. The Labute approximate surface area is 323 Å². The SMILES string of the molecule is CCCCCCCCCCCCCCOCC(CO)(COCC(CO)(COCCCCCCCCCCCCCC)COP(=O)(O)O)COP(C)(=O)O. The molecule has 0 aromatic carbocycles. The van der Waals surface area contributed by atoms with Gasteiger partial charge < -0.3 is 43.6 Å². The molecule has 0 saturated heterocycles. The lowest BCUT2D eigenvalue weighted by molar-refractivity contribution is -0.115. The number of phosphoric acid groups is 1. The number of rotatable bonds is 42. The van der Waals surface area contributed by atoms with E-state index >= 15 is 0 Å². The fraction of sp³-hybridized carbons (Fsp3) is 1.00. The van der Waals surface area contributed by atoms with E-state index in [1.165, 1.54) is 116 Å². The van der Waals surface area contributed by atoms with Crippen LogP contribution in [0.1, 0.15) is 168 Å². The molecular weight excluding hydrogens is 722 g/mol. The van der Waals surface area contributed by atoms with E-state index in [2.05, 4.69) is 13.8 Å². The highest BCUT2D eigenvalue weighted by Gasteiger charge is 2.38. The molecule has 0 aliphatic carbocycles. The molecule has 0 heterocycles. The molecule has 3 atom stereocenters. The van der Waals surface area contributed by atoms with E-state index in [9.17, 15) is 34.0 Å². The topological polar surface area (TPSA) is 181 Å². The van der Waals surface area contributed by atoms with Crippen molar-refractivity contribution in [1.29, 1.82) is 0 Å². The summed E-state index contributed by atoms with van der Waals surface area (Å²) in [7, 11) is -8.73. The molecule has 0 aromatic heterocycles. The van der Waals surface area contributed by atoms with Crippen molar-refractivity contribution in [2.24, 2.45) is 10.8 Å². The fourth-order valence-corrected chi connectivity index (χ4v) is 7.11. The Kier molecular flexibility index (Phi) is 34.2. The third kappa shape index (κ3) is 33.9. The van der Waals surface area contributed by atoms with Crippen LogP contribution in [0.25, 0.3) is 0 Å². The second-order valence-corrected chi connectivity index (χ2v) is 18.6. The molecule has 5 N–H and O–H groups in total. The standard InChI is InChI=1S/C39H82O12P2/c1-4-6-8-10-12-14-16-18-20-22-24-26-28-47-32-38(30-40,36-50-52(3,42)43)34-49-35-39(31-41,37-51-53(44,45)46)33-48-29-27-25-23-21-19-17-15-13-11-9-7-5-2/h40-41H,4-37H2,1-3H3,(H,42,43)(H2,44,45,46). The van der Waals surface area contributed by atoms with Crippen molar-refractivity contribution in [2.75, 3.05) is 72.7 Å². The van der Waals surface area contributed by atoms with Gasteiger partial charge in [-0.15, -0.1) is 0 Å². The number of aliphatic hydroxyl groups excluding tert-OH is 2. The highest BCUT2D eigenvalue weighted by atomic mass is 31.2. The van der Waals surface area contributed by atoms with Gasteiger partial charge in [-0.3, -0.25) is 9.09 Å². The number of hydrogen-bond acceptors (Lipinski definition) is 9. The smallest absolute Gasteiger partial charge is 0.396 e. The zero-order valence-electron chi connectivity index (χ0n) is 34.0. The lowest BCUT2D eigenvalue weighted by Crippen LogP contribution is -2.45. The summed E-state index contributed by atoms with van der Waals surface area (Å²) in [6, 6.07) is 0. The van der Waals surface area contributed by atoms with Crippen molar-refractivity contribution in [3.63, 3.8) is 0 Å². The summed E-state index contributed by atoms with van der Waals surface area (Å²) in [5.41, 5.74) is -2.49. The maximum absolute atomic E-state index is 12.0. The van der Waals surface area contributed by atoms with Gasteiger partial charge in [-0.25, -0.2) is 4.57 Å². The number of aliphatic hydroxyl groups is 2. The molecule has 320 valence electrons. The van der Waals surface area contributed by atoms with Gasteiger partial charge >= 0.3 is 15.4 Å². The molecule has 0 aliphatic heterocycles. The van der Waals surface area contributed by atoms with E-state index in [1.807, 2.05) is 0 Å². The Morgan fingerprint density at radius 2 is 0.698 bits per heavy atom. The largest absolute Gasteiger partial charge is 0.469 e. The van der Waals surface area contributed by atoms with Crippen LogP contribution >= 0.6 is 15.4 Å². The van der Waals surface area contributed by atoms with Crippen LogP contribution < -0.4 is 0 Å². The van der Waals surface area contributed by atoms with Crippen LogP contribution in [-0.2, 0) is 32.4 Å². The van der Waals surface area contributed by atoms with Gasteiger partial charge in [-0.2, -0.15) is 0 Å². The Hall–Kier alpha value is 0.0600. The number of phosphoric ester groups is 1. The fourth-order valence-electron chi connectivity index (χ4n) is 6.15. The predicted molar refractivity (Wildman–Crippen MR) is 213 cm³/mol. The number of hydrogen-bond donors (Lipinski definition) is 5. The Bertz CT molecular complexity index is 832. The molecule has 0 saturated carbocycles. The van der Waals surface area contributed by atoms with Crippen molar-refractivity contribution in [3.8, 4) is 0 Å². The highest BCUT2D eigenvalue weighted by Crippen LogP contribution is 2.40. The molecule has 0 amide bonds. The van der Waals surface area contributed by atoms with Gasteiger partial charge in [-0.1, -0.05) is 155 Å². The molecule has 0 fully saturated rings. The minimum atomic E-state index is -4.85. The van der Waals surface area contributed by atoms with E-state index < -0.39 is 46.1 Å². The van der Waals surface area contributed by atoms with Gasteiger partial charge in [0.1, 0.15) is 0 Å². The zero-order valence-corrected chi connectivity index (χ0v) is 35.8. The average molecular weight is 805 g/mol. The highest BCUT2D eigenvalue weighted by molar-refractivity contribution is 7.51. The van der Waals surface area contributed by atoms with Crippen molar-refractivity contribution in [1.82, 2.24) is 0 Å². The molecule has 0 rings (SSSR count).